The van der Waals surface area contributed by atoms with Gasteiger partial charge in [-0.15, -0.1) is 11.8 Å². The fourth-order valence-electron chi connectivity index (χ4n) is 1.46. The van der Waals surface area contributed by atoms with Crippen molar-refractivity contribution in [2.45, 2.75) is 23.5 Å². The molecule has 0 bridgehead atoms. The summed E-state index contributed by atoms with van der Waals surface area (Å²) in [6.07, 6.45) is 1.21. The summed E-state index contributed by atoms with van der Waals surface area (Å²) in [5, 5.41) is 4.11. The van der Waals surface area contributed by atoms with Crippen LogP contribution in [0.5, 0.6) is 0 Å². The first kappa shape index (κ1) is 8.75. The second kappa shape index (κ2) is 3.50. The summed E-state index contributed by atoms with van der Waals surface area (Å²) in [5.74, 6) is 0. The lowest BCUT2D eigenvalue weighted by molar-refractivity contribution is 0.842. The van der Waals surface area contributed by atoms with Crippen molar-refractivity contribution in [1.82, 2.24) is 0 Å². The van der Waals surface area contributed by atoms with Crippen molar-refractivity contribution in [3.63, 3.8) is 0 Å². The minimum Gasteiger partial charge on any atom is -0.399 e. The molecule has 1 atom stereocenters. The smallest absolute Gasteiger partial charge is 0.0499 e. The van der Waals surface area contributed by atoms with E-state index in [4.69, 9.17) is 5.73 Å². The third-order valence-electron chi connectivity index (χ3n) is 2.27. The van der Waals surface area contributed by atoms with Gasteiger partial charge >= 0.3 is 0 Å². The number of nitrogen functional groups attached to an aromatic ring is 1. The Morgan fingerprint density at radius 3 is 3.23 bits per heavy atom. The van der Waals surface area contributed by atoms with Gasteiger partial charge in [-0.25, -0.2) is 0 Å². The van der Waals surface area contributed by atoms with Gasteiger partial charge in [0.25, 0.3) is 0 Å². The quantitative estimate of drug-likeness (QED) is 0.675. The highest BCUT2D eigenvalue weighted by Gasteiger charge is 2.16. The molecule has 3 N–H and O–H groups in total. The van der Waals surface area contributed by atoms with Crippen molar-refractivity contribution in [2.24, 2.45) is 0 Å². The molecular formula is C10H14N2S. The van der Waals surface area contributed by atoms with E-state index in [-0.39, 0.29) is 0 Å². The zero-order valence-electron chi connectivity index (χ0n) is 7.71. The molecule has 0 aliphatic carbocycles. The number of rotatable bonds is 1. The predicted molar refractivity (Wildman–Crippen MR) is 59.3 cm³/mol. The van der Waals surface area contributed by atoms with E-state index in [9.17, 15) is 0 Å². The molecule has 70 valence electrons. The Balaban J connectivity index is 2.26. The van der Waals surface area contributed by atoms with Gasteiger partial charge < -0.3 is 11.1 Å². The van der Waals surface area contributed by atoms with Crippen molar-refractivity contribution < 1.29 is 0 Å². The number of nitrogens with one attached hydrogen (secondary N) is 1. The maximum atomic E-state index is 5.70. The molecule has 13 heavy (non-hydrogen) atoms. The summed E-state index contributed by atoms with van der Waals surface area (Å²) in [7, 11) is 0. The van der Waals surface area contributed by atoms with Crippen LogP contribution in [0.3, 0.4) is 0 Å². The standard InChI is InChI=1S/C10H14N2S/c1-2-8-6-12-9-5-7(11)3-4-10(9)13-8/h3-5,8,12H,2,6,11H2,1H3. The van der Waals surface area contributed by atoms with Gasteiger partial charge in [0, 0.05) is 28.1 Å². The molecule has 1 aliphatic rings. The van der Waals surface area contributed by atoms with Crippen molar-refractivity contribution in [3.8, 4) is 0 Å². The first-order chi connectivity index (χ1) is 6.29. The molecule has 2 nitrogen and oxygen atoms in total. The summed E-state index contributed by atoms with van der Waals surface area (Å²) < 4.78 is 0. The minimum absolute atomic E-state index is 0.705. The molecule has 1 aromatic rings. The normalized spacial score (nSPS) is 20.5. The highest BCUT2D eigenvalue weighted by molar-refractivity contribution is 8.00. The minimum atomic E-state index is 0.705. The number of hydrogen-bond acceptors (Lipinski definition) is 3. The summed E-state index contributed by atoms with van der Waals surface area (Å²) in [6, 6.07) is 6.07. The lowest BCUT2D eigenvalue weighted by Crippen LogP contribution is -2.20. The maximum Gasteiger partial charge on any atom is 0.0499 e. The van der Waals surface area contributed by atoms with Gasteiger partial charge in [0.15, 0.2) is 0 Å². The van der Waals surface area contributed by atoms with Gasteiger partial charge in [-0.05, 0) is 24.6 Å². The van der Waals surface area contributed by atoms with E-state index >= 15 is 0 Å². The lowest BCUT2D eigenvalue weighted by Gasteiger charge is -2.24. The van der Waals surface area contributed by atoms with Crippen LogP contribution in [0, 0.1) is 0 Å². The van der Waals surface area contributed by atoms with Crippen molar-refractivity contribution in [3.05, 3.63) is 18.2 Å². The first-order valence-electron chi connectivity index (χ1n) is 4.59. The number of benzene rings is 1. The number of fused-ring (bicyclic) bond motifs is 1. The average molecular weight is 194 g/mol. The highest BCUT2D eigenvalue weighted by atomic mass is 32.2. The van der Waals surface area contributed by atoms with Gasteiger partial charge in [-0.3, -0.25) is 0 Å². The maximum absolute atomic E-state index is 5.70. The van der Waals surface area contributed by atoms with Gasteiger partial charge in [0.2, 0.25) is 0 Å². The van der Waals surface area contributed by atoms with Crippen LogP contribution in [0.25, 0.3) is 0 Å². The third-order valence-corrected chi connectivity index (χ3v) is 3.72. The van der Waals surface area contributed by atoms with Crippen molar-refractivity contribution >= 4 is 23.1 Å². The van der Waals surface area contributed by atoms with Crippen LogP contribution in [0.4, 0.5) is 11.4 Å². The van der Waals surface area contributed by atoms with E-state index in [0.717, 1.165) is 12.2 Å². The summed E-state index contributed by atoms with van der Waals surface area (Å²) >= 11 is 1.95. The summed E-state index contributed by atoms with van der Waals surface area (Å²) in [6.45, 7) is 3.28. The van der Waals surface area contributed by atoms with E-state index in [1.54, 1.807) is 0 Å². The number of hydrogen-bond donors (Lipinski definition) is 2. The zero-order valence-corrected chi connectivity index (χ0v) is 8.53. The molecule has 1 heterocycles. The van der Waals surface area contributed by atoms with E-state index in [0.29, 0.717) is 5.25 Å². The first-order valence-corrected chi connectivity index (χ1v) is 5.47. The zero-order chi connectivity index (χ0) is 9.26. The van der Waals surface area contributed by atoms with Crippen molar-refractivity contribution in [2.75, 3.05) is 17.6 Å². The number of nitrogens with two attached hydrogens (primary N) is 1. The van der Waals surface area contributed by atoms with Crippen LogP contribution >= 0.6 is 11.8 Å². The van der Waals surface area contributed by atoms with Crippen molar-refractivity contribution in [1.29, 1.82) is 0 Å². The second-order valence-electron chi connectivity index (χ2n) is 3.28. The van der Waals surface area contributed by atoms with E-state index < -0.39 is 0 Å². The van der Waals surface area contributed by atoms with Gasteiger partial charge in [0.1, 0.15) is 0 Å². The topological polar surface area (TPSA) is 38.0 Å². The van der Waals surface area contributed by atoms with Crippen LogP contribution in [0.2, 0.25) is 0 Å². The Morgan fingerprint density at radius 1 is 1.62 bits per heavy atom. The van der Waals surface area contributed by atoms with Crippen LogP contribution in [0.15, 0.2) is 23.1 Å². The van der Waals surface area contributed by atoms with Gasteiger partial charge in [-0.2, -0.15) is 0 Å². The largest absolute Gasteiger partial charge is 0.399 e. The molecule has 0 aromatic heterocycles. The molecule has 0 amide bonds. The van der Waals surface area contributed by atoms with Gasteiger partial charge in [-0.1, -0.05) is 6.92 Å². The number of thioether (sulfide) groups is 1. The molecule has 1 unspecified atom stereocenters. The Morgan fingerprint density at radius 2 is 2.46 bits per heavy atom. The summed E-state index contributed by atoms with van der Waals surface area (Å²) in [5.41, 5.74) is 7.72. The molecule has 0 spiro atoms. The molecule has 0 saturated heterocycles. The number of anilines is 2. The molecular weight excluding hydrogens is 180 g/mol. The summed E-state index contributed by atoms with van der Waals surface area (Å²) in [4.78, 5) is 1.33. The molecule has 1 aliphatic heterocycles. The van der Waals surface area contributed by atoms with Crippen LogP contribution < -0.4 is 11.1 Å². The third kappa shape index (κ3) is 1.75. The fraction of sp³-hybridized carbons (Fsp3) is 0.400. The van der Waals surface area contributed by atoms with Crippen LogP contribution in [-0.2, 0) is 0 Å². The lowest BCUT2D eigenvalue weighted by atomic mass is 10.2. The Labute approximate surface area is 82.9 Å². The molecule has 2 rings (SSSR count). The monoisotopic (exact) mass is 194 g/mol. The second-order valence-corrected chi connectivity index (χ2v) is 4.63. The SMILES string of the molecule is CCC1CNc2cc(N)ccc2S1. The van der Waals surface area contributed by atoms with Gasteiger partial charge in [0.05, 0.1) is 0 Å². The fourth-order valence-corrected chi connectivity index (χ4v) is 2.56. The van der Waals surface area contributed by atoms with Crippen LogP contribution in [-0.4, -0.2) is 11.8 Å². The Bertz CT molecular complexity index is 312. The van der Waals surface area contributed by atoms with E-state index in [2.05, 4.69) is 18.3 Å². The Hall–Kier alpha value is -0.830. The van der Waals surface area contributed by atoms with E-state index in [1.807, 2.05) is 23.9 Å². The molecule has 0 fully saturated rings. The average Bonchev–Trinajstić information content (AvgIpc) is 2.17. The van der Waals surface area contributed by atoms with Crippen LogP contribution in [0.1, 0.15) is 13.3 Å². The molecule has 0 radical (unpaired) electrons. The van der Waals surface area contributed by atoms with E-state index in [1.165, 1.54) is 17.0 Å². The Kier molecular flexibility index (Phi) is 2.36. The molecule has 0 saturated carbocycles. The predicted octanol–water partition coefficient (Wildman–Crippen LogP) is 2.57. The molecule has 1 aromatic carbocycles. The highest BCUT2D eigenvalue weighted by Crippen LogP contribution is 2.36. The molecule has 3 heteroatoms.